The molecule has 1 aliphatic heterocycles. The van der Waals surface area contributed by atoms with E-state index >= 15 is 0 Å². The molecule has 1 heterocycles. The summed E-state index contributed by atoms with van der Waals surface area (Å²) in [4.78, 5) is 0. The SMILES string of the molecule is CCCC(C)CNC1CCCOC1. The third-order valence-corrected chi connectivity index (χ3v) is 2.70. The number of rotatable bonds is 5. The van der Waals surface area contributed by atoms with E-state index in [2.05, 4.69) is 19.2 Å². The Morgan fingerprint density at radius 1 is 1.54 bits per heavy atom. The van der Waals surface area contributed by atoms with Crippen LogP contribution in [-0.2, 0) is 4.74 Å². The molecule has 1 fully saturated rings. The summed E-state index contributed by atoms with van der Waals surface area (Å²) in [7, 11) is 0. The molecule has 0 radical (unpaired) electrons. The number of hydrogen-bond acceptors (Lipinski definition) is 2. The zero-order valence-electron chi connectivity index (χ0n) is 9.01. The second kappa shape index (κ2) is 6.39. The number of ether oxygens (including phenoxy) is 1. The Kier molecular flexibility index (Phi) is 5.40. The molecule has 0 saturated carbocycles. The Morgan fingerprint density at radius 3 is 3.00 bits per heavy atom. The quantitative estimate of drug-likeness (QED) is 0.709. The molecule has 78 valence electrons. The van der Waals surface area contributed by atoms with E-state index in [4.69, 9.17) is 4.74 Å². The van der Waals surface area contributed by atoms with Crippen LogP contribution in [0, 0.1) is 5.92 Å². The molecule has 2 atom stereocenters. The molecule has 0 aromatic rings. The predicted octanol–water partition coefficient (Wildman–Crippen LogP) is 2.19. The van der Waals surface area contributed by atoms with Gasteiger partial charge in [0, 0.05) is 12.6 Å². The van der Waals surface area contributed by atoms with Gasteiger partial charge in [-0.2, -0.15) is 0 Å². The first-order chi connectivity index (χ1) is 6.33. The Hall–Kier alpha value is -0.0800. The summed E-state index contributed by atoms with van der Waals surface area (Å²) >= 11 is 0. The van der Waals surface area contributed by atoms with Crippen LogP contribution < -0.4 is 5.32 Å². The average Bonchev–Trinajstić information content (AvgIpc) is 2.17. The third kappa shape index (κ3) is 4.63. The first-order valence-corrected chi connectivity index (χ1v) is 5.64. The maximum Gasteiger partial charge on any atom is 0.0619 e. The van der Waals surface area contributed by atoms with Crippen molar-refractivity contribution in [1.29, 1.82) is 0 Å². The summed E-state index contributed by atoms with van der Waals surface area (Å²) in [5.41, 5.74) is 0. The highest BCUT2D eigenvalue weighted by molar-refractivity contribution is 4.70. The molecule has 0 aromatic carbocycles. The monoisotopic (exact) mass is 185 g/mol. The van der Waals surface area contributed by atoms with E-state index in [-0.39, 0.29) is 0 Å². The highest BCUT2D eigenvalue weighted by Gasteiger charge is 2.13. The van der Waals surface area contributed by atoms with Gasteiger partial charge in [0.25, 0.3) is 0 Å². The Balaban J connectivity index is 2.03. The zero-order valence-corrected chi connectivity index (χ0v) is 9.01. The van der Waals surface area contributed by atoms with Gasteiger partial charge >= 0.3 is 0 Å². The molecule has 1 rings (SSSR count). The van der Waals surface area contributed by atoms with Crippen LogP contribution in [0.25, 0.3) is 0 Å². The first kappa shape index (κ1) is 11.0. The van der Waals surface area contributed by atoms with Crippen molar-refractivity contribution in [2.45, 2.75) is 45.6 Å². The van der Waals surface area contributed by atoms with Crippen LogP contribution in [0.1, 0.15) is 39.5 Å². The summed E-state index contributed by atoms with van der Waals surface area (Å²) in [5.74, 6) is 0.812. The molecule has 0 aliphatic carbocycles. The van der Waals surface area contributed by atoms with Crippen LogP contribution >= 0.6 is 0 Å². The minimum absolute atomic E-state index is 0.619. The van der Waals surface area contributed by atoms with Gasteiger partial charge in [0.2, 0.25) is 0 Å². The molecule has 0 aromatic heterocycles. The fourth-order valence-electron chi connectivity index (χ4n) is 1.86. The fourth-order valence-corrected chi connectivity index (χ4v) is 1.86. The van der Waals surface area contributed by atoms with E-state index in [9.17, 15) is 0 Å². The maximum atomic E-state index is 5.41. The predicted molar refractivity (Wildman–Crippen MR) is 55.9 cm³/mol. The van der Waals surface area contributed by atoms with Crippen LogP contribution in [-0.4, -0.2) is 25.8 Å². The molecular formula is C11H23NO. The van der Waals surface area contributed by atoms with Crippen molar-refractivity contribution >= 4 is 0 Å². The van der Waals surface area contributed by atoms with Crippen molar-refractivity contribution in [3.05, 3.63) is 0 Å². The lowest BCUT2D eigenvalue weighted by Crippen LogP contribution is -2.38. The minimum Gasteiger partial charge on any atom is -0.380 e. The molecule has 0 spiro atoms. The van der Waals surface area contributed by atoms with Crippen molar-refractivity contribution in [3.63, 3.8) is 0 Å². The molecule has 2 nitrogen and oxygen atoms in total. The minimum atomic E-state index is 0.619. The fraction of sp³-hybridized carbons (Fsp3) is 1.00. The highest BCUT2D eigenvalue weighted by Crippen LogP contribution is 2.08. The lowest BCUT2D eigenvalue weighted by Gasteiger charge is -2.24. The Morgan fingerprint density at radius 2 is 2.38 bits per heavy atom. The average molecular weight is 185 g/mol. The van der Waals surface area contributed by atoms with Gasteiger partial charge in [0.05, 0.1) is 6.61 Å². The van der Waals surface area contributed by atoms with E-state index < -0.39 is 0 Å². The first-order valence-electron chi connectivity index (χ1n) is 5.64. The topological polar surface area (TPSA) is 21.3 Å². The highest BCUT2D eigenvalue weighted by atomic mass is 16.5. The van der Waals surface area contributed by atoms with E-state index in [1.165, 1.54) is 25.7 Å². The van der Waals surface area contributed by atoms with Crippen LogP contribution in [0.2, 0.25) is 0 Å². The standard InChI is InChI=1S/C11H23NO/c1-3-5-10(2)8-12-11-6-4-7-13-9-11/h10-12H,3-9H2,1-2H3. The van der Waals surface area contributed by atoms with Crippen molar-refractivity contribution in [2.24, 2.45) is 5.92 Å². The van der Waals surface area contributed by atoms with Crippen molar-refractivity contribution in [2.75, 3.05) is 19.8 Å². The normalized spacial score (nSPS) is 25.8. The Labute approximate surface area is 82.0 Å². The van der Waals surface area contributed by atoms with Gasteiger partial charge in [0.15, 0.2) is 0 Å². The lowest BCUT2D eigenvalue weighted by molar-refractivity contribution is 0.0692. The molecule has 2 unspecified atom stereocenters. The summed E-state index contributed by atoms with van der Waals surface area (Å²) in [5, 5.41) is 3.58. The van der Waals surface area contributed by atoms with E-state index in [1.54, 1.807) is 0 Å². The van der Waals surface area contributed by atoms with E-state index in [0.29, 0.717) is 6.04 Å². The van der Waals surface area contributed by atoms with Gasteiger partial charge in [0.1, 0.15) is 0 Å². The van der Waals surface area contributed by atoms with Crippen molar-refractivity contribution in [3.8, 4) is 0 Å². The largest absolute Gasteiger partial charge is 0.380 e. The Bertz CT molecular complexity index is 121. The van der Waals surface area contributed by atoms with Gasteiger partial charge < -0.3 is 10.1 Å². The molecule has 0 amide bonds. The maximum absolute atomic E-state index is 5.41. The lowest BCUT2D eigenvalue weighted by atomic mass is 10.0. The van der Waals surface area contributed by atoms with Crippen molar-refractivity contribution in [1.82, 2.24) is 5.32 Å². The summed E-state index contributed by atoms with van der Waals surface area (Å²) in [6.45, 7) is 7.60. The van der Waals surface area contributed by atoms with Gasteiger partial charge in [-0.15, -0.1) is 0 Å². The molecular weight excluding hydrogens is 162 g/mol. The number of hydrogen-bond donors (Lipinski definition) is 1. The van der Waals surface area contributed by atoms with Crippen LogP contribution in [0.3, 0.4) is 0 Å². The summed E-state index contributed by atoms with van der Waals surface area (Å²) in [6, 6.07) is 0.619. The second-order valence-electron chi connectivity index (χ2n) is 4.22. The zero-order chi connectivity index (χ0) is 9.52. The molecule has 2 heteroatoms. The number of nitrogens with one attached hydrogen (secondary N) is 1. The van der Waals surface area contributed by atoms with Crippen LogP contribution in [0.15, 0.2) is 0 Å². The molecule has 1 saturated heterocycles. The van der Waals surface area contributed by atoms with Gasteiger partial charge in [-0.1, -0.05) is 20.3 Å². The van der Waals surface area contributed by atoms with E-state index in [1.807, 2.05) is 0 Å². The molecule has 1 aliphatic rings. The molecule has 0 bridgehead atoms. The van der Waals surface area contributed by atoms with E-state index in [0.717, 1.165) is 25.7 Å². The second-order valence-corrected chi connectivity index (χ2v) is 4.22. The van der Waals surface area contributed by atoms with Gasteiger partial charge in [-0.25, -0.2) is 0 Å². The summed E-state index contributed by atoms with van der Waals surface area (Å²) in [6.07, 6.45) is 5.14. The summed E-state index contributed by atoms with van der Waals surface area (Å²) < 4.78 is 5.41. The van der Waals surface area contributed by atoms with Gasteiger partial charge in [-0.3, -0.25) is 0 Å². The smallest absolute Gasteiger partial charge is 0.0619 e. The third-order valence-electron chi connectivity index (χ3n) is 2.70. The van der Waals surface area contributed by atoms with Crippen molar-refractivity contribution < 1.29 is 4.74 Å². The van der Waals surface area contributed by atoms with Crippen LogP contribution in [0.4, 0.5) is 0 Å². The molecule has 13 heavy (non-hydrogen) atoms. The van der Waals surface area contributed by atoms with Gasteiger partial charge in [-0.05, 0) is 31.7 Å². The molecule has 1 N–H and O–H groups in total. The van der Waals surface area contributed by atoms with Crippen LogP contribution in [0.5, 0.6) is 0 Å².